The Balaban J connectivity index is 1.37. The summed E-state index contributed by atoms with van der Waals surface area (Å²) in [6.45, 7) is 3.05. The van der Waals surface area contributed by atoms with Crippen LogP contribution in [0.15, 0.2) is 18.2 Å². The van der Waals surface area contributed by atoms with E-state index < -0.39 is 0 Å². The first-order valence-electron chi connectivity index (χ1n) is 8.93. The zero-order valence-corrected chi connectivity index (χ0v) is 16.6. The van der Waals surface area contributed by atoms with Crippen LogP contribution < -0.4 is 10.6 Å². The molecule has 25 heavy (non-hydrogen) atoms. The van der Waals surface area contributed by atoms with E-state index in [2.05, 4.69) is 27.3 Å². The minimum Gasteiger partial charge on any atom is -0.338 e. The minimum absolute atomic E-state index is 0.190. The van der Waals surface area contributed by atoms with E-state index >= 15 is 0 Å². The fourth-order valence-electron chi connectivity index (χ4n) is 3.56. The van der Waals surface area contributed by atoms with Gasteiger partial charge in [-0.25, -0.2) is 4.79 Å². The lowest BCUT2D eigenvalue weighted by Crippen LogP contribution is -2.45. The van der Waals surface area contributed by atoms with Gasteiger partial charge >= 0.3 is 6.03 Å². The van der Waals surface area contributed by atoms with Gasteiger partial charge in [-0.1, -0.05) is 23.2 Å². The number of anilines is 1. The number of amides is 2. The molecule has 0 unspecified atom stereocenters. The third-order valence-corrected chi connectivity index (χ3v) is 6.87. The number of thioether (sulfide) groups is 1. The molecule has 0 radical (unpaired) electrons. The Kier molecular flexibility index (Phi) is 7.17. The van der Waals surface area contributed by atoms with Gasteiger partial charge in [0.2, 0.25) is 0 Å². The van der Waals surface area contributed by atoms with E-state index in [0.717, 1.165) is 38.5 Å². The standard InChI is InChI=1S/C18H25Cl2N3OS/c19-16-2-1-14(11-17(16)20)22-18(24)21-12-13-3-7-23(8-4-13)15-5-9-25-10-6-15/h1-2,11,13,15H,3-10,12H2,(H2,21,22,24). The smallest absolute Gasteiger partial charge is 0.319 e. The van der Waals surface area contributed by atoms with Crippen molar-refractivity contribution in [3.63, 3.8) is 0 Å². The van der Waals surface area contributed by atoms with Crippen LogP contribution in [0.4, 0.5) is 10.5 Å². The summed E-state index contributed by atoms with van der Waals surface area (Å²) in [6, 6.07) is 5.68. The van der Waals surface area contributed by atoms with E-state index in [1.54, 1.807) is 18.2 Å². The largest absolute Gasteiger partial charge is 0.338 e. The van der Waals surface area contributed by atoms with E-state index in [9.17, 15) is 4.79 Å². The molecule has 1 aromatic rings. The lowest BCUT2D eigenvalue weighted by Gasteiger charge is -2.39. The lowest BCUT2D eigenvalue weighted by atomic mass is 9.94. The normalized spacial score (nSPS) is 20.4. The Labute approximate surface area is 164 Å². The van der Waals surface area contributed by atoms with Crippen LogP contribution in [-0.2, 0) is 0 Å². The molecule has 2 amide bonds. The second-order valence-corrected chi connectivity index (χ2v) is 8.83. The summed E-state index contributed by atoms with van der Waals surface area (Å²) in [6.07, 6.45) is 4.99. The number of carbonyl (C=O) groups excluding carboxylic acids is 1. The molecule has 2 heterocycles. The van der Waals surface area contributed by atoms with Gasteiger partial charge in [0.05, 0.1) is 10.0 Å². The number of nitrogens with zero attached hydrogens (tertiary/aromatic N) is 1. The molecule has 0 atom stereocenters. The monoisotopic (exact) mass is 401 g/mol. The van der Waals surface area contributed by atoms with Crippen LogP contribution in [-0.4, -0.2) is 48.1 Å². The summed E-state index contributed by atoms with van der Waals surface area (Å²) >= 11 is 13.9. The number of likely N-dealkylation sites (tertiary alicyclic amines) is 1. The van der Waals surface area contributed by atoms with Crippen molar-refractivity contribution in [2.45, 2.75) is 31.7 Å². The molecule has 1 aromatic carbocycles. The number of carbonyl (C=O) groups is 1. The highest BCUT2D eigenvalue weighted by molar-refractivity contribution is 7.99. The summed E-state index contributed by atoms with van der Waals surface area (Å²) in [5.41, 5.74) is 0.650. The first kappa shape index (κ1) is 19.2. The Bertz CT molecular complexity index is 588. The fraction of sp³-hybridized carbons (Fsp3) is 0.611. The Morgan fingerprint density at radius 3 is 2.52 bits per heavy atom. The molecule has 2 aliphatic rings. The average Bonchev–Trinajstić information content (AvgIpc) is 2.64. The number of rotatable bonds is 4. The van der Waals surface area contributed by atoms with Crippen molar-refractivity contribution < 1.29 is 4.79 Å². The van der Waals surface area contributed by atoms with Crippen LogP contribution in [0.25, 0.3) is 0 Å². The maximum absolute atomic E-state index is 12.1. The number of halogens is 2. The van der Waals surface area contributed by atoms with Gasteiger partial charge in [0.1, 0.15) is 0 Å². The van der Waals surface area contributed by atoms with E-state index in [1.807, 2.05) is 0 Å². The van der Waals surface area contributed by atoms with Gasteiger partial charge in [-0.15, -0.1) is 0 Å². The molecular formula is C18H25Cl2N3OS. The predicted octanol–water partition coefficient (Wildman–Crippen LogP) is 4.72. The molecule has 2 saturated heterocycles. The van der Waals surface area contributed by atoms with Gasteiger partial charge in [-0.05, 0) is 74.4 Å². The van der Waals surface area contributed by atoms with E-state index in [0.29, 0.717) is 21.7 Å². The molecule has 2 N–H and O–H groups in total. The third kappa shape index (κ3) is 5.68. The number of urea groups is 1. The quantitative estimate of drug-likeness (QED) is 0.766. The van der Waals surface area contributed by atoms with Crippen molar-refractivity contribution in [2.24, 2.45) is 5.92 Å². The van der Waals surface area contributed by atoms with Crippen molar-refractivity contribution in [1.29, 1.82) is 0 Å². The lowest BCUT2D eigenvalue weighted by molar-refractivity contribution is 0.125. The minimum atomic E-state index is -0.190. The molecule has 2 aliphatic heterocycles. The fourth-order valence-corrected chi connectivity index (χ4v) is 4.94. The Morgan fingerprint density at radius 2 is 1.84 bits per heavy atom. The first-order chi connectivity index (χ1) is 12.1. The Morgan fingerprint density at radius 1 is 1.12 bits per heavy atom. The number of benzene rings is 1. The summed E-state index contributed by atoms with van der Waals surface area (Å²) in [7, 11) is 0. The van der Waals surface area contributed by atoms with Crippen LogP contribution in [0.5, 0.6) is 0 Å². The van der Waals surface area contributed by atoms with Crippen LogP contribution in [0.2, 0.25) is 10.0 Å². The van der Waals surface area contributed by atoms with Crippen LogP contribution in [0.3, 0.4) is 0 Å². The van der Waals surface area contributed by atoms with E-state index in [1.165, 1.54) is 24.3 Å². The van der Waals surface area contributed by atoms with E-state index in [4.69, 9.17) is 23.2 Å². The SMILES string of the molecule is O=C(NCC1CCN(C2CCSCC2)CC1)Nc1ccc(Cl)c(Cl)c1. The average molecular weight is 402 g/mol. The van der Waals surface area contributed by atoms with Crippen molar-refractivity contribution >= 4 is 46.7 Å². The van der Waals surface area contributed by atoms with Crippen LogP contribution in [0.1, 0.15) is 25.7 Å². The predicted molar refractivity (Wildman–Crippen MR) is 108 cm³/mol. The highest BCUT2D eigenvalue weighted by atomic mass is 35.5. The molecular weight excluding hydrogens is 377 g/mol. The topological polar surface area (TPSA) is 44.4 Å². The van der Waals surface area contributed by atoms with Crippen LogP contribution >= 0.6 is 35.0 Å². The highest BCUT2D eigenvalue weighted by Gasteiger charge is 2.26. The van der Waals surface area contributed by atoms with Gasteiger partial charge in [-0.3, -0.25) is 0 Å². The van der Waals surface area contributed by atoms with Crippen molar-refractivity contribution in [3.8, 4) is 0 Å². The number of hydrogen-bond acceptors (Lipinski definition) is 3. The van der Waals surface area contributed by atoms with Crippen molar-refractivity contribution in [2.75, 3.05) is 36.5 Å². The zero-order valence-electron chi connectivity index (χ0n) is 14.3. The van der Waals surface area contributed by atoms with Gasteiger partial charge in [-0.2, -0.15) is 11.8 Å². The molecule has 0 bridgehead atoms. The number of hydrogen-bond donors (Lipinski definition) is 2. The molecule has 138 valence electrons. The maximum atomic E-state index is 12.1. The summed E-state index contributed by atoms with van der Waals surface area (Å²) in [4.78, 5) is 14.7. The van der Waals surface area contributed by atoms with Gasteiger partial charge < -0.3 is 15.5 Å². The maximum Gasteiger partial charge on any atom is 0.319 e. The molecule has 2 fully saturated rings. The van der Waals surface area contributed by atoms with Gasteiger partial charge in [0, 0.05) is 18.3 Å². The highest BCUT2D eigenvalue weighted by Crippen LogP contribution is 2.27. The summed E-state index contributed by atoms with van der Waals surface area (Å²) in [5, 5.41) is 6.71. The molecule has 4 nitrogen and oxygen atoms in total. The third-order valence-electron chi connectivity index (χ3n) is 5.09. The van der Waals surface area contributed by atoms with Gasteiger partial charge in [0.15, 0.2) is 0 Å². The second kappa shape index (κ2) is 9.36. The van der Waals surface area contributed by atoms with Crippen LogP contribution in [0, 0.1) is 5.92 Å². The number of nitrogens with one attached hydrogen (secondary N) is 2. The first-order valence-corrected chi connectivity index (χ1v) is 10.8. The Hall–Kier alpha value is -0.620. The molecule has 0 spiro atoms. The molecule has 7 heteroatoms. The van der Waals surface area contributed by atoms with E-state index in [-0.39, 0.29) is 6.03 Å². The second-order valence-electron chi connectivity index (χ2n) is 6.79. The molecule has 0 saturated carbocycles. The molecule has 0 aliphatic carbocycles. The molecule has 3 rings (SSSR count). The zero-order chi connectivity index (χ0) is 17.6. The summed E-state index contributed by atoms with van der Waals surface area (Å²) < 4.78 is 0. The van der Waals surface area contributed by atoms with Crippen molar-refractivity contribution in [1.82, 2.24) is 10.2 Å². The molecule has 0 aromatic heterocycles. The van der Waals surface area contributed by atoms with Gasteiger partial charge in [0.25, 0.3) is 0 Å². The van der Waals surface area contributed by atoms with Crippen molar-refractivity contribution in [3.05, 3.63) is 28.2 Å². The number of piperidine rings is 1. The summed E-state index contributed by atoms with van der Waals surface area (Å²) in [5.74, 6) is 3.18.